The van der Waals surface area contributed by atoms with Crippen molar-refractivity contribution in [2.75, 3.05) is 7.11 Å². The van der Waals surface area contributed by atoms with E-state index in [0.29, 0.717) is 22.5 Å². The van der Waals surface area contributed by atoms with Crippen molar-refractivity contribution < 1.29 is 14.3 Å². The van der Waals surface area contributed by atoms with E-state index in [9.17, 15) is 5.11 Å². The lowest BCUT2D eigenvalue weighted by Crippen LogP contribution is -1.82. The molecule has 3 heterocycles. The molecule has 4 rings (SSSR count). The van der Waals surface area contributed by atoms with Gasteiger partial charge in [-0.3, -0.25) is 0 Å². The Morgan fingerprint density at radius 3 is 2.86 bits per heavy atom. The van der Waals surface area contributed by atoms with Crippen LogP contribution in [0.2, 0.25) is 0 Å². The monoisotopic (exact) mass is 294 g/mol. The predicted octanol–water partition coefficient (Wildman–Crippen LogP) is 3.77. The molecule has 5 heteroatoms. The number of ether oxygens (including phenoxy) is 1. The molecule has 0 unspecified atom stereocenters. The average molecular weight is 294 g/mol. The summed E-state index contributed by atoms with van der Waals surface area (Å²) in [5.74, 6) is 1.29. The molecule has 0 fully saturated rings. The first-order valence-corrected chi connectivity index (χ1v) is 6.90. The maximum Gasteiger partial charge on any atom is 0.155 e. The summed E-state index contributed by atoms with van der Waals surface area (Å²) < 4.78 is 12.9. The van der Waals surface area contributed by atoms with E-state index in [1.54, 1.807) is 25.3 Å². The quantitative estimate of drug-likeness (QED) is 0.611. The third-order valence-electron chi connectivity index (χ3n) is 3.68. The van der Waals surface area contributed by atoms with E-state index in [0.717, 1.165) is 16.9 Å². The molecule has 110 valence electrons. The molecular weight excluding hydrogens is 280 g/mol. The summed E-state index contributed by atoms with van der Waals surface area (Å²) in [7, 11) is 1.55. The molecule has 22 heavy (non-hydrogen) atoms. The van der Waals surface area contributed by atoms with Crippen LogP contribution in [0.15, 0.2) is 47.1 Å². The van der Waals surface area contributed by atoms with Crippen molar-refractivity contribution in [3.8, 4) is 23.0 Å². The Morgan fingerprint density at radius 1 is 1.18 bits per heavy atom. The summed E-state index contributed by atoms with van der Waals surface area (Å²) in [5, 5.41) is 10.7. The highest BCUT2D eigenvalue weighted by Crippen LogP contribution is 2.35. The second kappa shape index (κ2) is 4.53. The molecule has 0 atom stereocenters. The van der Waals surface area contributed by atoms with E-state index in [2.05, 4.69) is 4.98 Å². The third-order valence-corrected chi connectivity index (χ3v) is 3.68. The normalized spacial score (nSPS) is 11.4. The number of nitrogens with zero attached hydrogens (tertiary/aromatic N) is 2. The molecule has 4 aromatic rings. The molecule has 1 N–H and O–H groups in total. The minimum Gasteiger partial charge on any atom is -0.507 e. The van der Waals surface area contributed by atoms with Gasteiger partial charge in [0, 0.05) is 24.5 Å². The minimum absolute atomic E-state index is 0.129. The summed E-state index contributed by atoms with van der Waals surface area (Å²) >= 11 is 0. The number of aryl methyl sites for hydroxylation is 1. The van der Waals surface area contributed by atoms with Crippen LogP contribution in [0.25, 0.3) is 28.1 Å². The van der Waals surface area contributed by atoms with Crippen LogP contribution in [0.5, 0.6) is 11.5 Å². The van der Waals surface area contributed by atoms with Gasteiger partial charge in [-0.15, -0.1) is 0 Å². The fourth-order valence-corrected chi connectivity index (χ4v) is 2.56. The molecule has 0 amide bonds. The first-order chi connectivity index (χ1) is 10.6. The Labute approximate surface area is 126 Å². The summed E-state index contributed by atoms with van der Waals surface area (Å²) in [5.41, 5.74) is 3.30. The number of rotatable bonds is 2. The number of phenolic OH excluding ortho intramolecular Hbond substituents is 1. The summed E-state index contributed by atoms with van der Waals surface area (Å²) in [6, 6.07) is 9.08. The van der Waals surface area contributed by atoms with Gasteiger partial charge in [-0.1, -0.05) is 6.07 Å². The number of fused-ring (bicyclic) bond motifs is 2. The maximum absolute atomic E-state index is 10.1. The molecule has 3 aromatic heterocycles. The van der Waals surface area contributed by atoms with Gasteiger partial charge in [-0.05, 0) is 24.6 Å². The lowest BCUT2D eigenvalue weighted by Gasteiger charge is -1.99. The lowest BCUT2D eigenvalue weighted by atomic mass is 10.2. The van der Waals surface area contributed by atoms with Gasteiger partial charge in [-0.25, -0.2) is 4.98 Å². The van der Waals surface area contributed by atoms with Gasteiger partial charge in [0.05, 0.1) is 12.5 Å². The van der Waals surface area contributed by atoms with Crippen LogP contribution in [0.1, 0.15) is 5.56 Å². The molecule has 0 spiro atoms. The molecule has 1 aromatic carbocycles. The minimum atomic E-state index is 0.129. The largest absolute Gasteiger partial charge is 0.507 e. The SMILES string of the molecule is COc1cc(O)c2cc(-c3cn4cc(C)ccc4n3)oc2c1. The molecule has 0 bridgehead atoms. The third kappa shape index (κ3) is 1.90. The fourth-order valence-electron chi connectivity index (χ4n) is 2.56. The molecule has 5 nitrogen and oxygen atoms in total. The molecule has 0 aliphatic carbocycles. The number of imidazole rings is 1. The molecule has 0 radical (unpaired) electrons. The van der Waals surface area contributed by atoms with E-state index in [4.69, 9.17) is 9.15 Å². The second-order valence-corrected chi connectivity index (χ2v) is 5.27. The highest BCUT2D eigenvalue weighted by Gasteiger charge is 2.14. The van der Waals surface area contributed by atoms with Crippen molar-refractivity contribution in [1.29, 1.82) is 0 Å². The van der Waals surface area contributed by atoms with E-state index >= 15 is 0 Å². The highest BCUT2D eigenvalue weighted by molar-refractivity contribution is 5.89. The molecule has 0 saturated heterocycles. The van der Waals surface area contributed by atoms with Crippen molar-refractivity contribution in [3.05, 3.63) is 48.3 Å². The number of pyridine rings is 1. The van der Waals surface area contributed by atoms with Gasteiger partial charge in [0.15, 0.2) is 5.76 Å². The number of methoxy groups -OCH3 is 1. The predicted molar refractivity (Wildman–Crippen MR) is 83.4 cm³/mol. The number of phenols is 1. The lowest BCUT2D eigenvalue weighted by molar-refractivity contribution is 0.408. The molecular formula is C17H14N2O3. The molecule has 0 aliphatic rings. The zero-order valence-electron chi connectivity index (χ0n) is 12.2. The topological polar surface area (TPSA) is 59.9 Å². The average Bonchev–Trinajstić information content (AvgIpc) is 3.10. The van der Waals surface area contributed by atoms with Gasteiger partial charge in [0.25, 0.3) is 0 Å². The van der Waals surface area contributed by atoms with Crippen molar-refractivity contribution in [2.24, 2.45) is 0 Å². The van der Waals surface area contributed by atoms with Gasteiger partial charge in [-0.2, -0.15) is 0 Å². The van der Waals surface area contributed by atoms with Gasteiger partial charge >= 0.3 is 0 Å². The first-order valence-electron chi connectivity index (χ1n) is 6.90. The summed E-state index contributed by atoms with van der Waals surface area (Å²) in [6.07, 6.45) is 3.92. The summed E-state index contributed by atoms with van der Waals surface area (Å²) in [6.45, 7) is 2.03. The van der Waals surface area contributed by atoms with Crippen molar-refractivity contribution in [1.82, 2.24) is 9.38 Å². The van der Waals surface area contributed by atoms with Gasteiger partial charge < -0.3 is 18.7 Å². The van der Waals surface area contributed by atoms with Gasteiger partial charge in [0.2, 0.25) is 0 Å². The number of furan rings is 1. The zero-order chi connectivity index (χ0) is 15.3. The Balaban J connectivity index is 1.90. The van der Waals surface area contributed by atoms with Crippen LogP contribution in [-0.4, -0.2) is 21.6 Å². The highest BCUT2D eigenvalue weighted by atomic mass is 16.5. The molecule has 0 saturated carbocycles. The smallest absolute Gasteiger partial charge is 0.155 e. The van der Waals surface area contributed by atoms with Crippen LogP contribution >= 0.6 is 0 Å². The van der Waals surface area contributed by atoms with Crippen LogP contribution in [0, 0.1) is 6.92 Å². The van der Waals surface area contributed by atoms with Crippen LogP contribution in [-0.2, 0) is 0 Å². The van der Waals surface area contributed by atoms with E-state index in [1.165, 1.54) is 0 Å². The zero-order valence-corrected chi connectivity index (χ0v) is 12.2. The van der Waals surface area contributed by atoms with E-state index in [1.807, 2.05) is 35.9 Å². The Kier molecular flexibility index (Phi) is 2.63. The number of aromatic hydroxyl groups is 1. The number of benzene rings is 1. The van der Waals surface area contributed by atoms with Crippen molar-refractivity contribution >= 4 is 16.6 Å². The van der Waals surface area contributed by atoms with Gasteiger partial charge in [0.1, 0.15) is 28.4 Å². The fraction of sp³-hybridized carbons (Fsp3) is 0.118. The Hall–Kier alpha value is -2.95. The van der Waals surface area contributed by atoms with Crippen molar-refractivity contribution in [3.63, 3.8) is 0 Å². The first kappa shape index (κ1) is 12.8. The Bertz CT molecular complexity index is 998. The molecule has 0 aliphatic heterocycles. The Morgan fingerprint density at radius 2 is 2.05 bits per heavy atom. The number of hydrogen-bond acceptors (Lipinski definition) is 4. The van der Waals surface area contributed by atoms with Crippen LogP contribution in [0.4, 0.5) is 0 Å². The number of aromatic nitrogens is 2. The van der Waals surface area contributed by atoms with Crippen LogP contribution in [0.3, 0.4) is 0 Å². The maximum atomic E-state index is 10.1. The van der Waals surface area contributed by atoms with E-state index in [-0.39, 0.29) is 5.75 Å². The standard InChI is InChI=1S/C17H14N2O3/c1-10-3-4-17-18-13(9-19(17)8-10)16-7-12-14(20)5-11(21-2)6-15(12)22-16/h3-9,20H,1-2H3. The van der Waals surface area contributed by atoms with Crippen molar-refractivity contribution in [2.45, 2.75) is 6.92 Å². The number of hydrogen-bond donors (Lipinski definition) is 1. The second-order valence-electron chi connectivity index (χ2n) is 5.27. The van der Waals surface area contributed by atoms with E-state index < -0.39 is 0 Å². The summed E-state index contributed by atoms with van der Waals surface area (Å²) in [4.78, 5) is 4.55. The van der Waals surface area contributed by atoms with Crippen LogP contribution < -0.4 is 4.74 Å².